The molecule has 0 fully saturated rings. The number of carbonyl (C=O) groups excluding carboxylic acids is 1. The molecule has 0 unspecified atom stereocenters. The Morgan fingerprint density at radius 1 is 1.62 bits per heavy atom. The molecule has 1 heterocycles. The molecule has 1 N–H and O–H groups in total. The topological polar surface area (TPSA) is 34.0 Å². The lowest BCUT2D eigenvalue weighted by Gasteiger charge is -2.05. The van der Waals surface area contributed by atoms with Crippen LogP contribution in [-0.4, -0.2) is 11.0 Å². The number of aryl methyl sites for hydroxylation is 1. The number of carbonyl (C=O) groups is 1. The molecule has 0 radical (unpaired) electrons. The van der Waals surface area contributed by atoms with E-state index in [1.165, 1.54) is 12.1 Å². The quantitative estimate of drug-likeness (QED) is 0.690. The van der Waals surface area contributed by atoms with Gasteiger partial charge < -0.3 is 9.88 Å². The molecule has 0 spiro atoms. The summed E-state index contributed by atoms with van der Waals surface area (Å²) in [5.41, 5.74) is 2.14. The lowest BCUT2D eigenvalue weighted by atomic mass is 10.2. The molecule has 0 bridgehead atoms. The predicted octanol–water partition coefficient (Wildman–Crippen LogP) is 1.94. The van der Waals surface area contributed by atoms with Crippen LogP contribution >= 0.6 is 0 Å². The Kier molecular flexibility index (Phi) is 3.55. The van der Waals surface area contributed by atoms with E-state index in [0.29, 0.717) is 0 Å². The standard InChI is InChI=1S/C10H16N2O/c1-3-4-5-10-9(11-8-13)6-7-12(10)2/h6-8H,3-5H2,1-2H3,(H,11,13). The normalized spacial score (nSPS) is 10.0. The summed E-state index contributed by atoms with van der Waals surface area (Å²) in [6, 6.07) is 1.93. The highest BCUT2D eigenvalue weighted by Gasteiger charge is 2.04. The molecule has 0 saturated carbocycles. The third kappa shape index (κ3) is 2.34. The number of aromatic nitrogens is 1. The van der Waals surface area contributed by atoms with Gasteiger partial charge in [0.1, 0.15) is 0 Å². The van der Waals surface area contributed by atoms with Crippen molar-refractivity contribution in [2.45, 2.75) is 26.2 Å². The third-order valence-electron chi connectivity index (χ3n) is 2.18. The fourth-order valence-electron chi connectivity index (χ4n) is 1.41. The molecule has 3 nitrogen and oxygen atoms in total. The van der Waals surface area contributed by atoms with Gasteiger partial charge in [-0.1, -0.05) is 13.3 Å². The summed E-state index contributed by atoms with van der Waals surface area (Å²) < 4.78 is 2.06. The van der Waals surface area contributed by atoms with Crippen molar-refractivity contribution >= 4 is 12.1 Å². The van der Waals surface area contributed by atoms with E-state index in [-0.39, 0.29) is 0 Å². The first-order chi connectivity index (χ1) is 6.29. The van der Waals surface area contributed by atoms with Gasteiger partial charge in [0.2, 0.25) is 6.41 Å². The summed E-state index contributed by atoms with van der Waals surface area (Å²) in [5.74, 6) is 0. The van der Waals surface area contributed by atoms with Crippen LogP contribution < -0.4 is 5.32 Å². The maximum absolute atomic E-state index is 10.3. The molecule has 72 valence electrons. The van der Waals surface area contributed by atoms with Crippen molar-refractivity contribution in [3.63, 3.8) is 0 Å². The average Bonchev–Trinajstić information content (AvgIpc) is 2.45. The van der Waals surface area contributed by atoms with Crippen LogP contribution in [0.4, 0.5) is 5.69 Å². The van der Waals surface area contributed by atoms with Gasteiger partial charge in [-0.25, -0.2) is 0 Å². The van der Waals surface area contributed by atoms with E-state index in [1.54, 1.807) is 0 Å². The molecule has 13 heavy (non-hydrogen) atoms. The van der Waals surface area contributed by atoms with Crippen molar-refractivity contribution in [2.24, 2.45) is 7.05 Å². The van der Waals surface area contributed by atoms with Crippen molar-refractivity contribution in [1.82, 2.24) is 4.57 Å². The molecule has 1 rings (SSSR count). The van der Waals surface area contributed by atoms with Gasteiger partial charge in [0.15, 0.2) is 0 Å². The van der Waals surface area contributed by atoms with Crippen LogP contribution in [0.15, 0.2) is 12.3 Å². The van der Waals surface area contributed by atoms with Gasteiger partial charge in [-0.15, -0.1) is 0 Å². The Hall–Kier alpha value is -1.25. The van der Waals surface area contributed by atoms with Crippen molar-refractivity contribution < 1.29 is 4.79 Å². The molecular weight excluding hydrogens is 164 g/mol. The first kappa shape index (κ1) is 9.84. The fourth-order valence-corrected chi connectivity index (χ4v) is 1.41. The average molecular weight is 180 g/mol. The minimum absolute atomic E-state index is 0.727. The largest absolute Gasteiger partial charge is 0.353 e. The van der Waals surface area contributed by atoms with E-state index in [0.717, 1.165) is 24.9 Å². The Bertz CT molecular complexity index is 278. The molecule has 0 aliphatic heterocycles. The highest BCUT2D eigenvalue weighted by Crippen LogP contribution is 2.17. The highest BCUT2D eigenvalue weighted by atomic mass is 16.1. The van der Waals surface area contributed by atoms with E-state index in [9.17, 15) is 4.79 Å². The first-order valence-electron chi connectivity index (χ1n) is 4.64. The van der Waals surface area contributed by atoms with Crippen LogP contribution in [0.25, 0.3) is 0 Å². The van der Waals surface area contributed by atoms with E-state index in [2.05, 4.69) is 16.8 Å². The summed E-state index contributed by atoms with van der Waals surface area (Å²) in [4.78, 5) is 10.3. The van der Waals surface area contributed by atoms with Gasteiger partial charge in [0, 0.05) is 18.9 Å². The summed E-state index contributed by atoms with van der Waals surface area (Å²) >= 11 is 0. The van der Waals surface area contributed by atoms with Gasteiger partial charge in [-0.2, -0.15) is 0 Å². The zero-order valence-electron chi connectivity index (χ0n) is 8.21. The maximum atomic E-state index is 10.3. The zero-order chi connectivity index (χ0) is 9.68. The summed E-state index contributed by atoms with van der Waals surface area (Å²) in [6.07, 6.45) is 6.05. The number of amides is 1. The molecule has 0 aliphatic carbocycles. The smallest absolute Gasteiger partial charge is 0.211 e. The lowest BCUT2D eigenvalue weighted by molar-refractivity contribution is -0.105. The second kappa shape index (κ2) is 4.70. The van der Waals surface area contributed by atoms with Crippen molar-refractivity contribution in [1.29, 1.82) is 0 Å². The van der Waals surface area contributed by atoms with Crippen LogP contribution in [0, 0.1) is 0 Å². The molecule has 0 aliphatic rings. The summed E-state index contributed by atoms with van der Waals surface area (Å²) in [5, 5.41) is 2.70. The van der Waals surface area contributed by atoms with Crippen molar-refractivity contribution in [2.75, 3.05) is 5.32 Å². The van der Waals surface area contributed by atoms with Crippen LogP contribution in [-0.2, 0) is 18.3 Å². The van der Waals surface area contributed by atoms with E-state index >= 15 is 0 Å². The van der Waals surface area contributed by atoms with Gasteiger partial charge >= 0.3 is 0 Å². The zero-order valence-corrected chi connectivity index (χ0v) is 8.21. The Balaban J connectivity index is 2.74. The van der Waals surface area contributed by atoms with E-state index in [4.69, 9.17) is 0 Å². The number of anilines is 1. The number of hydrogen-bond donors (Lipinski definition) is 1. The molecule has 1 aromatic heterocycles. The Morgan fingerprint density at radius 2 is 2.38 bits per heavy atom. The van der Waals surface area contributed by atoms with Gasteiger partial charge in [-0.3, -0.25) is 4.79 Å². The van der Waals surface area contributed by atoms with Crippen LogP contribution in [0.1, 0.15) is 25.5 Å². The number of hydrogen-bond acceptors (Lipinski definition) is 1. The van der Waals surface area contributed by atoms with Gasteiger partial charge in [0.25, 0.3) is 0 Å². The van der Waals surface area contributed by atoms with Gasteiger partial charge in [0.05, 0.1) is 5.69 Å². The monoisotopic (exact) mass is 180 g/mol. The minimum Gasteiger partial charge on any atom is -0.353 e. The molecule has 1 amide bonds. The summed E-state index contributed by atoms with van der Waals surface area (Å²) in [7, 11) is 2.00. The highest BCUT2D eigenvalue weighted by molar-refractivity contribution is 5.72. The molecule has 3 heteroatoms. The maximum Gasteiger partial charge on any atom is 0.211 e. The predicted molar refractivity (Wildman–Crippen MR) is 53.7 cm³/mol. The summed E-state index contributed by atoms with van der Waals surface area (Å²) in [6.45, 7) is 2.16. The molecule has 1 aromatic rings. The van der Waals surface area contributed by atoms with E-state index in [1.807, 2.05) is 19.3 Å². The lowest BCUT2D eigenvalue weighted by Crippen LogP contribution is -2.01. The second-order valence-corrected chi connectivity index (χ2v) is 3.15. The molecular formula is C10H16N2O. The van der Waals surface area contributed by atoms with Crippen molar-refractivity contribution in [3.05, 3.63) is 18.0 Å². The number of rotatable bonds is 5. The fraction of sp³-hybridized carbons (Fsp3) is 0.500. The van der Waals surface area contributed by atoms with Crippen molar-refractivity contribution in [3.8, 4) is 0 Å². The van der Waals surface area contributed by atoms with Gasteiger partial charge in [-0.05, 0) is 18.9 Å². The van der Waals surface area contributed by atoms with Crippen LogP contribution in [0.2, 0.25) is 0 Å². The first-order valence-corrected chi connectivity index (χ1v) is 4.64. The minimum atomic E-state index is 0.727. The Labute approximate surface area is 78.8 Å². The SMILES string of the molecule is CCCCc1c(NC=O)ccn1C. The molecule has 0 aromatic carbocycles. The van der Waals surface area contributed by atoms with Crippen LogP contribution in [0.5, 0.6) is 0 Å². The molecule has 0 saturated heterocycles. The number of nitrogens with zero attached hydrogens (tertiary/aromatic N) is 1. The van der Waals surface area contributed by atoms with E-state index < -0.39 is 0 Å². The number of nitrogens with one attached hydrogen (secondary N) is 1. The third-order valence-corrected chi connectivity index (χ3v) is 2.18. The van der Waals surface area contributed by atoms with Crippen LogP contribution in [0.3, 0.4) is 0 Å². The number of unbranched alkanes of at least 4 members (excludes halogenated alkanes) is 1. The second-order valence-electron chi connectivity index (χ2n) is 3.15. The Morgan fingerprint density at radius 3 is 3.00 bits per heavy atom. The molecule has 0 atom stereocenters.